The number of rotatable bonds is 16. The Balaban J connectivity index is 1.59. The standard InChI is InChI=1S/C53H79N5O10/c1-50(2,3)65-44(59)35-54-27-28-55(36-45(60)66-51(4,5)6)31-32-57(38-47(62)68-53(10,11)12)41(34-56(30-29-54)37-46(61)67-52(7,8)9)33-40-24-22-39(23-25-40)19-15-13-14-18-26-58-48(63)42-20-16-17-21-43(42)49(58)64/h15-17,19-25,41H,13-14,18,26-38H2,1-12H3/b19-15+/t41-/m0/s1. The van der Waals surface area contributed by atoms with Crippen LogP contribution in [0.5, 0.6) is 0 Å². The number of carbonyl (C=O) groups excluding carboxylic acids is 6. The molecule has 68 heavy (non-hydrogen) atoms. The fraction of sp³-hybridized carbons (Fsp3) is 0.623. The Morgan fingerprint density at radius 1 is 0.544 bits per heavy atom. The van der Waals surface area contributed by atoms with Gasteiger partial charge in [-0.05, 0) is 132 Å². The Kier molecular flexibility index (Phi) is 20.1. The van der Waals surface area contributed by atoms with E-state index in [1.54, 1.807) is 24.3 Å². The average Bonchev–Trinajstić information content (AvgIpc) is 3.43. The molecule has 2 heterocycles. The minimum absolute atomic E-state index is 0.00876. The minimum Gasteiger partial charge on any atom is -0.459 e. The topological polar surface area (TPSA) is 156 Å². The lowest BCUT2D eigenvalue weighted by Crippen LogP contribution is -2.54. The number of carbonyl (C=O) groups is 6. The number of ether oxygens (including phenoxy) is 4. The Labute approximate surface area is 405 Å². The molecule has 2 aromatic rings. The van der Waals surface area contributed by atoms with Gasteiger partial charge >= 0.3 is 23.9 Å². The molecule has 0 saturated carbocycles. The SMILES string of the molecule is CC(C)(C)OC(=O)CN1CCN(CC(=O)OC(C)(C)C)CCN(CC(=O)OC(C)(C)C)[C@@H](Cc2ccc(/C=C/CCCCN3C(=O)c4ccccc4C3=O)cc2)CN(CC(=O)OC(C)(C)C)CC1. The molecular formula is C53H79N5O10. The summed E-state index contributed by atoms with van der Waals surface area (Å²) < 4.78 is 23.1. The van der Waals surface area contributed by atoms with Crippen molar-refractivity contribution in [3.8, 4) is 0 Å². The summed E-state index contributed by atoms with van der Waals surface area (Å²) in [6, 6.07) is 14.9. The van der Waals surface area contributed by atoms with Gasteiger partial charge in [-0.3, -0.25) is 53.3 Å². The molecule has 0 radical (unpaired) electrons. The van der Waals surface area contributed by atoms with Crippen LogP contribution in [0.2, 0.25) is 0 Å². The van der Waals surface area contributed by atoms with E-state index in [9.17, 15) is 28.8 Å². The molecule has 1 fully saturated rings. The minimum atomic E-state index is -0.718. The summed E-state index contributed by atoms with van der Waals surface area (Å²) in [6.07, 6.45) is 6.95. The second kappa shape index (κ2) is 24.5. The van der Waals surface area contributed by atoms with Crippen LogP contribution in [0, 0.1) is 0 Å². The van der Waals surface area contributed by atoms with Crippen LogP contribution in [0.15, 0.2) is 54.6 Å². The summed E-state index contributed by atoms with van der Waals surface area (Å²) in [6.45, 7) is 25.1. The van der Waals surface area contributed by atoms with Gasteiger partial charge in [0.25, 0.3) is 11.8 Å². The van der Waals surface area contributed by atoms with E-state index in [-0.39, 0.29) is 67.9 Å². The molecule has 1 saturated heterocycles. The molecule has 2 amide bonds. The molecule has 15 heteroatoms. The van der Waals surface area contributed by atoms with Crippen molar-refractivity contribution in [2.75, 3.05) is 78.5 Å². The van der Waals surface area contributed by atoms with Crippen LogP contribution >= 0.6 is 0 Å². The smallest absolute Gasteiger partial charge is 0.320 e. The highest BCUT2D eigenvalue weighted by Gasteiger charge is 2.35. The number of unbranched alkanes of at least 4 members (excludes halogenated alkanes) is 2. The summed E-state index contributed by atoms with van der Waals surface area (Å²) in [4.78, 5) is 88.7. The maximum absolute atomic E-state index is 13.7. The third-order valence-electron chi connectivity index (χ3n) is 10.9. The molecule has 4 rings (SSSR count). The largest absolute Gasteiger partial charge is 0.459 e. The van der Waals surface area contributed by atoms with E-state index in [0.29, 0.717) is 76.3 Å². The zero-order valence-corrected chi connectivity index (χ0v) is 43.0. The maximum Gasteiger partial charge on any atom is 0.320 e. The predicted molar refractivity (Wildman–Crippen MR) is 263 cm³/mol. The molecule has 0 bridgehead atoms. The van der Waals surface area contributed by atoms with Gasteiger partial charge in [-0.15, -0.1) is 0 Å². The molecular weight excluding hydrogens is 867 g/mol. The Hall–Kier alpha value is -4.96. The van der Waals surface area contributed by atoms with E-state index in [4.69, 9.17) is 18.9 Å². The van der Waals surface area contributed by atoms with Gasteiger partial charge < -0.3 is 18.9 Å². The molecule has 0 spiro atoms. The van der Waals surface area contributed by atoms with Crippen molar-refractivity contribution in [2.24, 2.45) is 0 Å². The highest BCUT2D eigenvalue weighted by atomic mass is 16.6. The highest BCUT2D eigenvalue weighted by Crippen LogP contribution is 2.23. The first kappa shape index (κ1) is 55.6. The fourth-order valence-electron chi connectivity index (χ4n) is 8.05. The second-order valence-electron chi connectivity index (χ2n) is 21.9. The summed E-state index contributed by atoms with van der Waals surface area (Å²) in [5.74, 6) is -1.99. The molecule has 15 nitrogen and oxygen atoms in total. The molecule has 0 aliphatic carbocycles. The van der Waals surface area contributed by atoms with E-state index < -0.39 is 22.4 Å². The lowest BCUT2D eigenvalue weighted by atomic mass is 10.0. The number of benzene rings is 2. The number of fused-ring (bicyclic) bond motifs is 1. The van der Waals surface area contributed by atoms with Crippen molar-refractivity contribution in [1.29, 1.82) is 0 Å². The molecule has 2 aliphatic rings. The van der Waals surface area contributed by atoms with Crippen LogP contribution in [0.3, 0.4) is 0 Å². The highest BCUT2D eigenvalue weighted by molar-refractivity contribution is 6.21. The Morgan fingerprint density at radius 2 is 0.956 bits per heavy atom. The van der Waals surface area contributed by atoms with E-state index in [1.165, 1.54) is 4.90 Å². The van der Waals surface area contributed by atoms with Gasteiger partial charge in [0.1, 0.15) is 22.4 Å². The number of esters is 4. The normalized spacial score (nSPS) is 17.9. The molecule has 2 aliphatic heterocycles. The van der Waals surface area contributed by atoms with Gasteiger partial charge in [-0.25, -0.2) is 0 Å². The van der Waals surface area contributed by atoms with Crippen molar-refractivity contribution in [2.45, 2.75) is 137 Å². The van der Waals surface area contributed by atoms with Crippen LogP contribution in [0.25, 0.3) is 6.08 Å². The van der Waals surface area contributed by atoms with E-state index in [1.807, 2.05) is 110 Å². The Morgan fingerprint density at radius 3 is 1.41 bits per heavy atom. The maximum atomic E-state index is 13.7. The van der Waals surface area contributed by atoms with Crippen LogP contribution in [0.1, 0.15) is 134 Å². The van der Waals surface area contributed by atoms with E-state index >= 15 is 0 Å². The molecule has 0 unspecified atom stereocenters. The first-order chi connectivity index (χ1) is 31.6. The first-order valence-corrected chi connectivity index (χ1v) is 24.1. The Bertz CT molecular complexity index is 2020. The van der Waals surface area contributed by atoms with Crippen molar-refractivity contribution in [3.05, 3.63) is 76.9 Å². The first-order valence-electron chi connectivity index (χ1n) is 24.1. The van der Waals surface area contributed by atoms with Gasteiger partial charge in [0.05, 0.1) is 37.3 Å². The van der Waals surface area contributed by atoms with E-state index in [0.717, 1.165) is 24.0 Å². The number of allylic oxidation sites excluding steroid dienone is 1. The van der Waals surface area contributed by atoms with Gasteiger partial charge in [-0.2, -0.15) is 0 Å². The lowest BCUT2D eigenvalue weighted by molar-refractivity contribution is -0.160. The van der Waals surface area contributed by atoms with E-state index in [2.05, 4.69) is 29.2 Å². The molecule has 0 aromatic heterocycles. The van der Waals surface area contributed by atoms with Crippen molar-refractivity contribution in [1.82, 2.24) is 24.5 Å². The third kappa shape index (κ3) is 20.3. The van der Waals surface area contributed by atoms with Gasteiger partial charge in [0.2, 0.25) is 0 Å². The zero-order valence-electron chi connectivity index (χ0n) is 43.0. The number of hydrogen-bond donors (Lipinski definition) is 0. The molecule has 0 N–H and O–H groups in total. The van der Waals surface area contributed by atoms with Crippen LogP contribution in [-0.2, 0) is 44.5 Å². The molecule has 2 aromatic carbocycles. The lowest BCUT2D eigenvalue weighted by Gasteiger charge is -2.39. The number of nitrogens with zero attached hydrogens (tertiary/aromatic N) is 5. The predicted octanol–water partition coefficient (Wildman–Crippen LogP) is 6.67. The molecule has 1 atom stereocenters. The van der Waals surface area contributed by atoms with Crippen molar-refractivity contribution < 1.29 is 47.7 Å². The summed E-state index contributed by atoms with van der Waals surface area (Å²) in [5, 5.41) is 0. The van der Waals surface area contributed by atoms with Crippen molar-refractivity contribution >= 4 is 41.8 Å². The van der Waals surface area contributed by atoms with Crippen LogP contribution in [0.4, 0.5) is 0 Å². The summed E-state index contributed by atoms with van der Waals surface area (Å²) in [7, 11) is 0. The summed E-state index contributed by atoms with van der Waals surface area (Å²) in [5.41, 5.74) is 0.169. The third-order valence-corrected chi connectivity index (χ3v) is 10.9. The zero-order chi connectivity index (χ0) is 50.5. The van der Waals surface area contributed by atoms with Gasteiger partial charge in [0.15, 0.2) is 0 Å². The fourth-order valence-corrected chi connectivity index (χ4v) is 8.05. The summed E-state index contributed by atoms with van der Waals surface area (Å²) >= 11 is 0. The molecule has 376 valence electrons. The van der Waals surface area contributed by atoms with Gasteiger partial charge in [-0.1, -0.05) is 48.6 Å². The quantitative estimate of drug-likeness (QED) is 0.0762. The number of amides is 2. The van der Waals surface area contributed by atoms with Crippen LogP contribution < -0.4 is 0 Å². The average molecular weight is 946 g/mol. The number of imide groups is 1. The second-order valence-corrected chi connectivity index (χ2v) is 21.9. The van der Waals surface area contributed by atoms with Crippen LogP contribution in [-0.4, -0.2) is 167 Å². The monoisotopic (exact) mass is 946 g/mol. The van der Waals surface area contributed by atoms with Gasteiger partial charge in [0, 0.05) is 58.4 Å². The number of hydrogen-bond acceptors (Lipinski definition) is 14. The van der Waals surface area contributed by atoms with Crippen molar-refractivity contribution in [3.63, 3.8) is 0 Å².